The third-order valence-electron chi connectivity index (χ3n) is 4.50. The standard InChI is InChI=1S/C14H28N2O/c1-11(17-2)10-16-14-8-5-6-12(14)13-7-3-4-9-15-13/h11-16H,3-10H2,1-2H3. The van der Waals surface area contributed by atoms with Gasteiger partial charge in [-0.1, -0.05) is 12.8 Å². The molecular weight excluding hydrogens is 212 g/mol. The Hall–Kier alpha value is -0.120. The van der Waals surface area contributed by atoms with Gasteiger partial charge in [-0.15, -0.1) is 0 Å². The summed E-state index contributed by atoms with van der Waals surface area (Å²) in [6, 6.07) is 1.48. The first kappa shape index (κ1) is 13.3. The lowest BCUT2D eigenvalue weighted by Gasteiger charge is -2.33. The highest BCUT2D eigenvalue weighted by Gasteiger charge is 2.33. The van der Waals surface area contributed by atoms with Crippen LogP contribution in [-0.4, -0.2) is 38.4 Å². The summed E-state index contributed by atoms with van der Waals surface area (Å²) < 4.78 is 5.31. The van der Waals surface area contributed by atoms with E-state index in [1.807, 2.05) is 0 Å². The van der Waals surface area contributed by atoms with Crippen molar-refractivity contribution >= 4 is 0 Å². The van der Waals surface area contributed by atoms with Gasteiger partial charge >= 0.3 is 0 Å². The molecule has 1 saturated heterocycles. The Morgan fingerprint density at radius 1 is 1.24 bits per heavy atom. The molecule has 1 heterocycles. The van der Waals surface area contributed by atoms with Gasteiger partial charge in [0.05, 0.1) is 6.10 Å². The van der Waals surface area contributed by atoms with Crippen molar-refractivity contribution in [1.29, 1.82) is 0 Å². The zero-order valence-corrected chi connectivity index (χ0v) is 11.4. The van der Waals surface area contributed by atoms with Gasteiger partial charge in [0.25, 0.3) is 0 Å². The summed E-state index contributed by atoms with van der Waals surface area (Å²) in [6.07, 6.45) is 8.62. The van der Waals surface area contributed by atoms with Crippen molar-refractivity contribution in [2.45, 2.75) is 63.6 Å². The Kier molecular flexibility index (Phi) is 5.26. The maximum absolute atomic E-state index is 5.31. The van der Waals surface area contributed by atoms with Gasteiger partial charge in [0.15, 0.2) is 0 Å². The molecule has 0 aromatic carbocycles. The van der Waals surface area contributed by atoms with Crippen molar-refractivity contribution in [3.63, 3.8) is 0 Å². The molecule has 0 radical (unpaired) electrons. The molecule has 3 heteroatoms. The summed E-state index contributed by atoms with van der Waals surface area (Å²) >= 11 is 0. The van der Waals surface area contributed by atoms with Crippen molar-refractivity contribution in [2.75, 3.05) is 20.2 Å². The molecular formula is C14H28N2O. The zero-order chi connectivity index (χ0) is 12.1. The third-order valence-corrected chi connectivity index (χ3v) is 4.50. The van der Waals surface area contributed by atoms with Crippen LogP contribution in [0.5, 0.6) is 0 Å². The highest BCUT2D eigenvalue weighted by Crippen LogP contribution is 2.31. The molecule has 0 bridgehead atoms. The van der Waals surface area contributed by atoms with Crippen LogP contribution >= 0.6 is 0 Å². The maximum atomic E-state index is 5.31. The molecule has 4 unspecified atom stereocenters. The van der Waals surface area contributed by atoms with E-state index in [1.165, 1.54) is 45.1 Å². The Balaban J connectivity index is 1.79. The third kappa shape index (κ3) is 3.67. The molecule has 0 aromatic rings. The van der Waals surface area contributed by atoms with Crippen LogP contribution < -0.4 is 10.6 Å². The lowest BCUT2D eigenvalue weighted by atomic mass is 9.88. The van der Waals surface area contributed by atoms with Gasteiger partial charge in [0.2, 0.25) is 0 Å². The number of methoxy groups -OCH3 is 1. The van der Waals surface area contributed by atoms with E-state index >= 15 is 0 Å². The van der Waals surface area contributed by atoms with Gasteiger partial charge in [0, 0.05) is 25.7 Å². The second-order valence-electron chi connectivity index (χ2n) is 5.71. The van der Waals surface area contributed by atoms with Crippen LogP contribution in [0, 0.1) is 5.92 Å². The fourth-order valence-electron chi connectivity index (χ4n) is 3.37. The maximum Gasteiger partial charge on any atom is 0.0667 e. The summed E-state index contributed by atoms with van der Waals surface area (Å²) in [5.41, 5.74) is 0. The van der Waals surface area contributed by atoms with E-state index in [-0.39, 0.29) is 0 Å². The number of ether oxygens (including phenoxy) is 1. The molecule has 4 atom stereocenters. The molecule has 0 amide bonds. The van der Waals surface area contributed by atoms with Crippen LogP contribution in [0.4, 0.5) is 0 Å². The van der Waals surface area contributed by atoms with Crippen LogP contribution in [-0.2, 0) is 4.74 Å². The number of hydrogen-bond donors (Lipinski definition) is 2. The summed E-state index contributed by atoms with van der Waals surface area (Å²) in [4.78, 5) is 0. The molecule has 1 aliphatic carbocycles. The van der Waals surface area contributed by atoms with Crippen molar-refractivity contribution < 1.29 is 4.74 Å². The molecule has 100 valence electrons. The Morgan fingerprint density at radius 3 is 2.82 bits per heavy atom. The lowest BCUT2D eigenvalue weighted by molar-refractivity contribution is 0.110. The second kappa shape index (κ2) is 6.72. The van der Waals surface area contributed by atoms with Crippen LogP contribution in [0.15, 0.2) is 0 Å². The van der Waals surface area contributed by atoms with E-state index < -0.39 is 0 Å². The predicted octanol–water partition coefficient (Wildman–Crippen LogP) is 1.92. The predicted molar refractivity (Wildman–Crippen MR) is 71.2 cm³/mol. The Labute approximate surface area is 106 Å². The first-order valence-electron chi connectivity index (χ1n) is 7.31. The summed E-state index contributed by atoms with van der Waals surface area (Å²) in [7, 11) is 1.79. The summed E-state index contributed by atoms with van der Waals surface area (Å²) in [5.74, 6) is 0.847. The molecule has 2 N–H and O–H groups in total. The van der Waals surface area contributed by atoms with Crippen molar-refractivity contribution in [3.8, 4) is 0 Å². The molecule has 17 heavy (non-hydrogen) atoms. The quantitative estimate of drug-likeness (QED) is 0.770. The largest absolute Gasteiger partial charge is 0.380 e. The minimum Gasteiger partial charge on any atom is -0.380 e. The van der Waals surface area contributed by atoms with Gasteiger partial charge in [-0.3, -0.25) is 0 Å². The van der Waals surface area contributed by atoms with Crippen LogP contribution in [0.2, 0.25) is 0 Å². The van der Waals surface area contributed by atoms with Gasteiger partial charge in [-0.05, 0) is 45.1 Å². The fourth-order valence-corrected chi connectivity index (χ4v) is 3.37. The molecule has 0 spiro atoms. The van der Waals surface area contributed by atoms with Crippen molar-refractivity contribution in [1.82, 2.24) is 10.6 Å². The summed E-state index contributed by atoms with van der Waals surface area (Å²) in [6.45, 7) is 4.35. The average Bonchev–Trinajstić information content (AvgIpc) is 2.85. The van der Waals surface area contributed by atoms with Crippen LogP contribution in [0.1, 0.15) is 45.4 Å². The fraction of sp³-hybridized carbons (Fsp3) is 1.00. The number of nitrogens with one attached hydrogen (secondary N) is 2. The van der Waals surface area contributed by atoms with Crippen molar-refractivity contribution in [3.05, 3.63) is 0 Å². The van der Waals surface area contributed by atoms with E-state index in [9.17, 15) is 0 Å². The lowest BCUT2D eigenvalue weighted by Crippen LogP contribution is -2.48. The Bertz CT molecular complexity index is 216. The van der Waals surface area contributed by atoms with Gasteiger partial charge in [-0.25, -0.2) is 0 Å². The molecule has 2 aliphatic rings. The highest BCUT2D eigenvalue weighted by molar-refractivity contribution is 4.92. The second-order valence-corrected chi connectivity index (χ2v) is 5.71. The molecule has 2 fully saturated rings. The minimum atomic E-state index is 0.329. The van der Waals surface area contributed by atoms with Gasteiger partial charge < -0.3 is 15.4 Å². The van der Waals surface area contributed by atoms with Gasteiger partial charge in [0.1, 0.15) is 0 Å². The summed E-state index contributed by atoms with van der Waals surface area (Å²) in [5, 5.41) is 7.44. The number of piperidine rings is 1. The molecule has 0 aromatic heterocycles. The van der Waals surface area contributed by atoms with E-state index in [0.717, 1.165) is 18.5 Å². The van der Waals surface area contributed by atoms with Crippen molar-refractivity contribution in [2.24, 2.45) is 5.92 Å². The molecule has 2 rings (SSSR count). The van der Waals surface area contributed by atoms with E-state index in [2.05, 4.69) is 17.6 Å². The van der Waals surface area contributed by atoms with E-state index in [4.69, 9.17) is 4.74 Å². The molecule has 1 saturated carbocycles. The topological polar surface area (TPSA) is 33.3 Å². The Morgan fingerprint density at radius 2 is 2.12 bits per heavy atom. The smallest absolute Gasteiger partial charge is 0.0667 e. The van der Waals surface area contributed by atoms with E-state index in [0.29, 0.717) is 12.1 Å². The normalized spacial score (nSPS) is 36.0. The number of hydrogen-bond acceptors (Lipinski definition) is 3. The highest BCUT2D eigenvalue weighted by atomic mass is 16.5. The van der Waals surface area contributed by atoms with E-state index in [1.54, 1.807) is 7.11 Å². The first-order valence-corrected chi connectivity index (χ1v) is 7.31. The molecule has 1 aliphatic heterocycles. The monoisotopic (exact) mass is 240 g/mol. The van der Waals surface area contributed by atoms with Crippen LogP contribution in [0.25, 0.3) is 0 Å². The first-order chi connectivity index (χ1) is 8.31. The number of rotatable bonds is 5. The zero-order valence-electron chi connectivity index (χ0n) is 11.4. The van der Waals surface area contributed by atoms with Crippen LogP contribution in [0.3, 0.4) is 0 Å². The average molecular weight is 240 g/mol. The minimum absolute atomic E-state index is 0.329. The SMILES string of the molecule is COC(C)CNC1CCCC1C1CCCCN1. The van der Waals surface area contributed by atoms with Gasteiger partial charge in [-0.2, -0.15) is 0 Å². The molecule has 3 nitrogen and oxygen atoms in total.